The Morgan fingerprint density at radius 2 is 1.60 bits per heavy atom. The van der Waals surface area contributed by atoms with E-state index in [1.54, 1.807) is 31.3 Å². The van der Waals surface area contributed by atoms with Gasteiger partial charge in [-0.3, -0.25) is 0 Å². The summed E-state index contributed by atoms with van der Waals surface area (Å²) in [6.07, 6.45) is 4.42. The monoisotopic (exact) mass is 810 g/mol. The van der Waals surface area contributed by atoms with Gasteiger partial charge in [-0.25, -0.2) is 4.39 Å². The molecule has 0 aliphatic rings. The molecule has 6 aromatic rings. The van der Waals surface area contributed by atoms with Gasteiger partial charge in [0.05, 0.1) is 14.3 Å². The van der Waals surface area contributed by atoms with Gasteiger partial charge in [-0.15, -0.1) is 59.7 Å². The van der Waals surface area contributed by atoms with Gasteiger partial charge in [-0.1, -0.05) is 95.5 Å². The summed E-state index contributed by atoms with van der Waals surface area (Å²) in [6.45, 7) is 17.4. The van der Waals surface area contributed by atoms with Crippen LogP contribution in [0, 0.1) is 23.4 Å². The van der Waals surface area contributed by atoms with Crippen LogP contribution < -0.4 is 5.19 Å². The molecular formula is C39H41FIrN2SSi-2. The average Bonchev–Trinajstić information content (AvgIpc) is 3.35. The van der Waals surface area contributed by atoms with Gasteiger partial charge in [-0.2, -0.15) is 11.3 Å². The van der Waals surface area contributed by atoms with Crippen molar-refractivity contribution in [3.8, 4) is 22.5 Å². The molecule has 0 amide bonds. The van der Waals surface area contributed by atoms with Crippen molar-refractivity contribution in [2.24, 2.45) is 5.41 Å². The molecular weight excluding hydrogens is 768 g/mol. The van der Waals surface area contributed by atoms with Crippen molar-refractivity contribution >= 4 is 44.8 Å². The van der Waals surface area contributed by atoms with E-state index in [-0.39, 0.29) is 25.5 Å². The maximum absolute atomic E-state index is 14.1. The van der Waals surface area contributed by atoms with Crippen molar-refractivity contribution in [1.29, 1.82) is 0 Å². The van der Waals surface area contributed by atoms with Gasteiger partial charge in [0, 0.05) is 32.4 Å². The minimum Gasteiger partial charge on any atom is -0.305 e. The smallest absolute Gasteiger partial charge is 0.143 e. The quantitative estimate of drug-likeness (QED) is 0.128. The standard InChI is InChI=1S/C20H15FNS.C19H26NSi.Ir/c1-12(2)16-10-18(22-11-17(16)21)15-8-5-7-14-13-6-3-4-9-19(13)23-20(14)15;1-19(2,3)13-16-12-17(15-10-8-7-9-11-15)20-14-18(16)21(4,5)6;/h3-7,9-12H,1-2H3;7-10,12,14H,13H2,1-6H3;/q2*-1;/i12D;;. The fourth-order valence-corrected chi connectivity index (χ4v) is 8.21. The Morgan fingerprint density at radius 3 is 2.27 bits per heavy atom. The maximum Gasteiger partial charge on any atom is 0.143 e. The first-order valence-electron chi connectivity index (χ1n) is 15.6. The van der Waals surface area contributed by atoms with E-state index in [0.29, 0.717) is 11.3 Å². The SMILES string of the molecule is CC(C)(C)Cc1cc(-c2[c-]cccc2)ncc1[Si](C)(C)C.[2H]C(C)(C)c1cc(-c2[c-]ccc3c2sc2ccccc23)ncc1F.[Ir]. The fourth-order valence-electron chi connectivity index (χ4n) is 5.43. The number of thiophene rings is 1. The molecule has 3 aromatic heterocycles. The Balaban J connectivity index is 0.000000207. The molecule has 2 nitrogen and oxygen atoms in total. The van der Waals surface area contributed by atoms with Crippen molar-refractivity contribution in [2.75, 3.05) is 0 Å². The molecule has 0 bridgehead atoms. The van der Waals surface area contributed by atoms with Crippen LogP contribution in [0.1, 0.15) is 53.0 Å². The predicted octanol–water partition coefficient (Wildman–Crippen LogP) is 10.9. The number of hydrogen-bond donors (Lipinski definition) is 0. The van der Waals surface area contributed by atoms with E-state index in [4.69, 9.17) is 6.35 Å². The summed E-state index contributed by atoms with van der Waals surface area (Å²) in [6, 6.07) is 30.8. The summed E-state index contributed by atoms with van der Waals surface area (Å²) < 4.78 is 24.5. The number of nitrogens with zero attached hydrogens (tertiary/aromatic N) is 2. The minimum atomic E-state index is -1.37. The van der Waals surface area contributed by atoms with Gasteiger partial charge in [0.15, 0.2) is 0 Å². The third-order valence-corrected chi connectivity index (χ3v) is 10.8. The van der Waals surface area contributed by atoms with Crippen LogP contribution in [0.25, 0.3) is 42.7 Å². The van der Waals surface area contributed by atoms with Gasteiger partial charge in [0.1, 0.15) is 5.82 Å². The van der Waals surface area contributed by atoms with Gasteiger partial charge in [-0.05, 0) is 56.0 Å². The molecule has 0 fully saturated rings. The molecule has 6 heteroatoms. The molecule has 235 valence electrons. The Bertz CT molecular complexity index is 1950. The molecule has 0 N–H and O–H groups in total. The third kappa shape index (κ3) is 8.23. The first-order valence-corrected chi connectivity index (χ1v) is 19.4. The van der Waals surface area contributed by atoms with E-state index in [2.05, 4.69) is 94.1 Å². The van der Waals surface area contributed by atoms with Crippen molar-refractivity contribution in [1.82, 2.24) is 9.97 Å². The van der Waals surface area contributed by atoms with Crippen LogP contribution in [-0.4, -0.2) is 18.0 Å². The Labute approximate surface area is 287 Å². The van der Waals surface area contributed by atoms with Crippen LogP contribution in [0.3, 0.4) is 0 Å². The second-order valence-electron chi connectivity index (χ2n) is 13.7. The zero-order chi connectivity index (χ0) is 32.6. The largest absolute Gasteiger partial charge is 0.305 e. The number of fused-ring (bicyclic) bond motifs is 3. The first-order chi connectivity index (χ1) is 21.1. The van der Waals surface area contributed by atoms with E-state index in [1.807, 2.05) is 36.4 Å². The summed E-state index contributed by atoms with van der Waals surface area (Å²) in [7, 11) is -1.37. The molecule has 3 aromatic carbocycles. The summed E-state index contributed by atoms with van der Waals surface area (Å²) in [5.74, 6) is -1.46. The van der Waals surface area contributed by atoms with E-state index < -0.39 is 19.8 Å². The van der Waals surface area contributed by atoms with Crippen LogP contribution in [0.4, 0.5) is 4.39 Å². The topological polar surface area (TPSA) is 25.8 Å². The Morgan fingerprint density at radius 1 is 0.889 bits per heavy atom. The predicted molar refractivity (Wildman–Crippen MR) is 190 cm³/mol. The van der Waals surface area contributed by atoms with E-state index in [1.165, 1.54) is 27.0 Å². The average molecular weight is 810 g/mol. The van der Waals surface area contributed by atoms with E-state index >= 15 is 0 Å². The molecule has 3 heterocycles. The number of benzene rings is 3. The molecule has 0 spiro atoms. The van der Waals surface area contributed by atoms with Gasteiger partial charge >= 0.3 is 0 Å². The van der Waals surface area contributed by atoms with Crippen molar-refractivity contribution < 1.29 is 25.9 Å². The number of hydrogen-bond acceptors (Lipinski definition) is 3. The molecule has 6 rings (SSSR count). The van der Waals surface area contributed by atoms with Crippen LogP contribution in [0.15, 0.2) is 85.2 Å². The van der Waals surface area contributed by atoms with Crippen LogP contribution in [0.2, 0.25) is 19.6 Å². The number of halogens is 1. The summed E-state index contributed by atoms with van der Waals surface area (Å²) in [5, 5.41) is 3.84. The number of aromatic nitrogens is 2. The fraction of sp³-hybridized carbons (Fsp3) is 0.282. The van der Waals surface area contributed by atoms with Gasteiger partial charge in [0.2, 0.25) is 0 Å². The molecule has 0 saturated carbocycles. The molecule has 0 saturated heterocycles. The second-order valence-corrected chi connectivity index (χ2v) is 19.8. The zero-order valence-electron chi connectivity index (χ0n) is 28.3. The molecule has 45 heavy (non-hydrogen) atoms. The summed E-state index contributed by atoms with van der Waals surface area (Å²) in [5.41, 5.74) is 5.73. The molecule has 0 unspecified atom stereocenters. The van der Waals surface area contributed by atoms with E-state index in [0.717, 1.165) is 33.3 Å². The van der Waals surface area contributed by atoms with Crippen molar-refractivity contribution in [2.45, 2.75) is 66.6 Å². The van der Waals surface area contributed by atoms with Crippen molar-refractivity contribution in [3.63, 3.8) is 0 Å². The number of rotatable bonds is 5. The molecule has 0 aliphatic carbocycles. The van der Waals surface area contributed by atoms with Crippen LogP contribution >= 0.6 is 11.3 Å². The normalized spacial score (nSPS) is 12.3. The van der Waals surface area contributed by atoms with Gasteiger partial charge in [0.25, 0.3) is 0 Å². The van der Waals surface area contributed by atoms with Gasteiger partial charge < -0.3 is 9.97 Å². The summed E-state index contributed by atoms with van der Waals surface area (Å²) >= 11 is 1.69. The molecule has 0 aliphatic heterocycles. The zero-order valence-corrected chi connectivity index (χ0v) is 31.5. The number of pyridine rings is 2. The second kappa shape index (κ2) is 14.2. The molecule has 1 radical (unpaired) electrons. The maximum atomic E-state index is 14.1. The van der Waals surface area contributed by atoms with Crippen LogP contribution in [-0.2, 0) is 26.5 Å². The van der Waals surface area contributed by atoms with Crippen LogP contribution in [0.5, 0.6) is 0 Å². The Hall–Kier alpha value is -3.02. The Kier molecular flexibility index (Phi) is 10.5. The third-order valence-electron chi connectivity index (χ3n) is 7.49. The minimum absolute atomic E-state index is 0. The van der Waals surface area contributed by atoms with Crippen molar-refractivity contribution in [3.05, 3.63) is 114 Å². The first kappa shape index (κ1) is 33.3. The summed E-state index contributed by atoms with van der Waals surface area (Å²) in [4.78, 5) is 8.97. The van der Waals surface area contributed by atoms with E-state index in [9.17, 15) is 4.39 Å². The molecule has 0 atom stereocenters.